The van der Waals surface area contributed by atoms with Gasteiger partial charge in [0.2, 0.25) is 0 Å². The van der Waals surface area contributed by atoms with Crippen LogP contribution in [0.25, 0.3) is 0 Å². The average Bonchev–Trinajstić information content (AvgIpc) is 1.78. The summed E-state index contributed by atoms with van der Waals surface area (Å²) in [7, 11) is -0.896. The smallest absolute Gasteiger partial charge is 0.0573 e. The topological polar surface area (TPSA) is 0 Å². The number of hydrogen-bond acceptors (Lipinski definition) is 0. The van der Waals surface area contributed by atoms with Crippen LogP contribution in [0.2, 0.25) is 25.7 Å². The van der Waals surface area contributed by atoms with E-state index in [2.05, 4.69) is 47.4 Å². The van der Waals surface area contributed by atoms with Crippen molar-refractivity contribution in [2.45, 2.75) is 32.1 Å². The summed E-state index contributed by atoms with van der Waals surface area (Å²) in [5, 5.41) is 1.01. The maximum absolute atomic E-state index is 3.34. The van der Waals surface area contributed by atoms with Crippen molar-refractivity contribution in [1.82, 2.24) is 0 Å². The number of hydrogen-bond donors (Lipinski definition) is 0. The van der Waals surface area contributed by atoms with Crippen LogP contribution < -0.4 is 0 Å². The van der Waals surface area contributed by atoms with Crippen molar-refractivity contribution in [3.8, 4) is 11.8 Å². The van der Waals surface area contributed by atoms with Gasteiger partial charge in [0.15, 0.2) is 0 Å². The van der Waals surface area contributed by atoms with Crippen LogP contribution in [0.1, 0.15) is 6.42 Å². The van der Waals surface area contributed by atoms with Gasteiger partial charge in [0.05, 0.1) is 8.07 Å². The Labute approximate surface area is 73.5 Å². The highest BCUT2D eigenvalue weighted by Gasteiger charge is 2.09. The van der Waals surface area contributed by atoms with Crippen LogP contribution in [-0.2, 0) is 0 Å². The lowest BCUT2D eigenvalue weighted by atomic mass is 10.5. The van der Waals surface area contributed by atoms with E-state index in [1.165, 1.54) is 0 Å². The second-order valence-corrected chi connectivity index (χ2v) is 9.80. The molecule has 0 N–H and O–H groups in total. The Hall–Kier alpha value is 0.257. The molecular formula is C8H15BrSi. The van der Waals surface area contributed by atoms with Crippen LogP contribution >= 0.6 is 15.9 Å². The molecule has 0 saturated carbocycles. The molecule has 0 rings (SSSR count). The minimum Gasteiger partial charge on any atom is -0.106 e. The van der Waals surface area contributed by atoms with Crippen LogP contribution in [0.4, 0.5) is 0 Å². The molecule has 0 aromatic carbocycles. The molecule has 0 fully saturated rings. The van der Waals surface area contributed by atoms with Gasteiger partial charge in [-0.15, -0.1) is 11.8 Å². The van der Waals surface area contributed by atoms with Gasteiger partial charge in [0.25, 0.3) is 0 Å². The number of halogens is 1. The lowest BCUT2D eigenvalue weighted by Crippen LogP contribution is -2.17. The Morgan fingerprint density at radius 3 is 2.20 bits per heavy atom. The lowest BCUT2D eigenvalue weighted by molar-refractivity contribution is 1.31. The molecule has 0 saturated heterocycles. The predicted molar refractivity (Wildman–Crippen MR) is 54.3 cm³/mol. The predicted octanol–water partition coefficient (Wildman–Crippen LogP) is 3.11. The minimum absolute atomic E-state index is 0.896. The summed E-state index contributed by atoms with van der Waals surface area (Å²) in [5.74, 6) is 6.34. The Morgan fingerprint density at radius 1 is 1.20 bits per heavy atom. The first kappa shape index (κ1) is 10.3. The maximum atomic E-state index is 3.34. The monoisotopic (exact) mass is 218 g/mol. The molecule has 58 valence electrons. The van der Waals surface area contributed by atoms with Gasteiger partial charge in [-0.25, -0.2) is 0 Å². The highest BCUT2D eigenvalue weighted by atomic mass is 79.9. The third-order valence-electron chi connectivity index (χ3n) is 0.963. The molecule has 0 unspecified atom stereocenters. The maximum Gasteiger partial charge on any atom is 0.0573 e. The van der Waals surface area contributed by atoms with Crippen molar-refractivity contribution in [3.05, 3.63) is 0 Å². The van der Waals surface area contributed by atoms with Crippen molar-refractivity contribution in [2.24, 2.45) is 0 Å². The van der Waals surface area contributed by atoms with Crippen LogP contribution in [0.3, 0.4) is 0 Å². The molecule has 0 aliphatic heterocycles. The Kier molecular flexibility index (Phi) is 5.11. The minimum atomic E-state index is -0.896. The third kappa shape index (κ3) is 8.26. The molecule has 0 bridgehead atoms. The largest absolute Gasteiger partial charge is 0.106 e. The van der Waals surface area contributed by atoms with Crippen molar-refractivity contribution in [1.29, 1.82) is 0 Å². The standard InChI is InChI=1S/C8H15BrSi/c1-10(2,3)8-6-4-5-7-9/h5,7-8H2,1-3H3. The van der Waals surface area contributed by atoms with E-state index < -0.39 is 8.07 Å². The van der Waals surface area contributed by atoms with E-state index in [4.69, 9.17) is 0 Å². The van der Waals surface area contributed by atoms with Gasteiger partial charge < -0.3 is 0 Å². The van der Waals surface area contributed by atoms with Gasteiger partial charge >= 0.3 is 0 Å². The van der Waals surface area contributed by atoms with Crippen molar-refractivity contribution in [3.63, 3.8) is 0 Å². The number of alkyl halides is 1. The van der Waals surface area contributed by atoms with E-state index in [9.17, 15) is 0 Å². The molecule has 0 atom stereocenters. The summed E-state index contributed by atoms with van der Waals surface area (Å²) in [4.78, 5) is 0. The van der Waals surface area contributed by atoms with E-state index in [1.807, 2.05) is 0 Å². The van der Waals surface area contributed by atoms with Crippen LogP contribution in [-0.4, -0.2) is 13.4 Å². The van der Waals surface area contributed by atoms with Crippen molar-refractivity contribution >= 4 is 24.0 Å². The summed E-state index contributed by atoms with van der Waals surface area (Å²) < 4.78 is 0. The highest BCUT2D eigenvalue weighted by Crippen LogP contribution is 2.05. The zero-order chi connectivity index (χ0) is 8.04. The first-order valence-corrected chi connectivity index (χ1v) is 8.41. The van der Waals surface area contributed by atoms with Crippen LogP contribution in [0, 0.1) is 11.8 Å². The molecule has 0 radical (unpaired) electrons. The molecule has 0 amide bonds. The average molecular weight is 219 g/mol. The molecule has 0 nitrogen and oxygen atoms in total. The molecule has 0 spiro atoms. The molecule has 0 aliphatic rings. The number of rotatable bonds is 2. The molecule has 0 aromatic heterocycles. The van der Waals surface area contributed by atoms with Crippen LogP contribution in [0.15, 0.2) is 0 Å². The van der Waals surface area contributed by atoms with Gasteiger partial charge in [-0.2, -0.15) is 0 Å². The van der Waals surface area contributed by atoms with E-state index in [1.54, 1.807) is 0 Å². The highest BCUT2D eigenvalue weighted by molar-refractivity contribution is 9.09. The zero-order valence-electron chi connectivity index (χ0n) is 7.00. The zero-order valence-corrected chi connectivity index (χ0v) is 9.59. The fourth-order valence-electron chi connectivity index (χ4n) is 0.463. The van der Waals surface area contributed by atoms with Gasteiger partial charge in [-0.05, 0) is 0 Å². The summed E-state index contributed by atoms with van der Waals surface area (Å²) >= 11 is 3.34. The molecule has 0 heterocycles. The van der Waals surface area contributed by atoms with Gasteiger partial charge in [-0.1, -0.05) is 35.6 Å². The normalized spacial score (nSPS) is 10.4. The van der Waals surface area contributed by atoms with E-state index >= 15 is 0 Å². The van der Waals surface area contributed by atoms with Crippen molar-refractivity contribution in [2.75, 3.05) is 5.33 Å². The Morgan fingerprint density at radius 2 is 1.80 bits per heavy atom. The SMILES string of the molecule is C[Si](C)(C)CC#CCCBr. The van der Waals surface area contributed by atoms with E-state index in [0.717, 1.165) is 17.8 Å². The van der Waals surface area contributed by atoms with E-state index in [-0.39, 0.29) is 0 Å². The summed E-state index contributed by atoms with van der Waals surface area (Å²) in [6, 6.07) is 1.14. The Balaban J connectivity index is 3.46. The summed E-state index contributed by atoms with van der Waals surface area (Å²) in [6.45, 7) is 7.03. The lowest BCUT2D eigenvalue weighted by Gasteiger charge is -2.09. The molecular weight excluding hydrogens is 204 g/mol. The van der Waals surface area contributed by atoms with Crippen molar-refractivity contribution < 1.29 is 0 Å². The van der Waals surface area contributed by atoms with Gasteiger partial charge in [-0.3, -0.25) is 0 Å². The summed E-state index contributed by atoms with van der Waals surface area (Å²) in [6.07, 6.45) is 0.991. The fourth-order valence-corrected chi connectivity index (χ4v) is 1.32. The Bertz CT molecular complexity index is 136. The van der Waals surface area contributed by atoms with Gasteiger partial charge in [0.1, 0.15) is 0 Å². The molecule has 2 heteroatoms. The van der Waals surface area contributed by atoms with E-state index in [0.29, 0.717) is 0 Å². The molecule has 0 aliphatic carbocycles. The molecule has 0 aromatic rings. The fraction of sp³-hybridized carbons (Fsp3) is 0.750. The van der Waals surface area contributed by atoms with Gasteiger partial charge in [0, 0.05) is 17.8 Å². The first-order valence-electron chi connectivity index (χ1n) is 3.58. The summed E-state index contributed by atoms with van der Waals surface area (Å²) in [5.41, 5.74) is 0. The quantitative estimate of drug-likeness (QED) is 0.380. The second kappa shape index (κ2) is 4.98. The second-order valence-electron chi connectivity index (χ2n) is 3.53. The molecule has 10 heavy (non-hydrogen) atoms. The van der Waals surface area contributed by atoms with Crippen LogP contribution in [0.5, 0.6) is 0 Å². The first-order chi connectivity index (χ1) is 4.56. The third-order valence-corrected chi connectivity index (χ3v) is 2.60.